The van der Waals surface area contributed by atoms with E-state index in [0.717, 1.165) is 11.5 Å². The normalized spacial score (nSPS) is 14.7. The van der Waals surface area contributed by atoms with Crippen molar-refractivity contribution in [1.82, 2.24) is 29.0 Å². The van der Waals surface area contributed by atoms with Gasteiger partial charge in [0.05, 0.1) is 5.39 Å². The highest BCUT2D eigenvalue weighted by Crippen LogP contribution is 2.20. The van der Waals surface area contributed by atoms with Gasteiger partial charge in [0.15, 0.2) is 17.2 Å². The Hall–Kier alpha value is -3.75. The number of aromatic nitrogens is 5. The van der Waals surface area contributed by atoms with Crippen LogP contribution >= 0.6 is 0 Å². The fourth-order valence-electron chi connectivity index (χ4n) is 3.79. The number of nitrogens with zero attached hydrogens (tertiary/aromatic N) is 7. The second-order valence-corrected chi connectivity index (χ2v) is 7.01. The Morgan fingerprint density at radius 2 is 1.66 bits per heavy atom. The molecule has 0 saturated carbocycles. The second-order valence-electron chi connectivity index (χ2n) is 7.01. The van der Waals surface area contributed by atoms with Crippen LogP contribution in [0.4, 0.5) is 5.82 Å². The molecule has 5 rings (SSSR count). The van der Waals surface area contributed by atoms with E-state index in [0.29, 0.717) is 42.6 Å². The van der Waals surface area contributed by atoms with Crippen LogP contribution in [0.25, 0.3) is 16.4 Å². The Morgan fingerprint density at radius 1 is 0.966 bits per heavy atom. The van der Waals surface area contributed by atoms with Crippen LogP contribution in [0.3, 0.4) is 0 Å². The summed E-state index contributed by atoms with van der Waals surface area (Å²) >= 11 is 0. The lowest BCUT2D eigenvalue weighted by Crippen LogP contribution is -2.49. The van der Waals surface area contributed by atoms with Gasteiger partial charge in [-0.2, -0.15) is 5.10 Å². The van der Waals surface area contributed by atoms with E-state index in [1.807, 2.05) is 22.9 Å². The number of carbonyl (C=O) groups is 1. The smallest absolute Gasteiger partial charge is 0.275 e. The van der Waals surface area contributed by atoms with Gasteiger partial charge in [0.2, 0.25) is 0 Å². The van der Waals surface area contributed by atoms with Crippen LogP contribution in [0.1, 0.15) is 10.5 Å². The molecule has 9 nitrogen and oxygen atoms in total. The SMILES string of the molecule is Cn1nc(C(=O)N2CCN(c3nccn4ccnc34)CC2)c2ccccc2c1=O. The fraction of sp³-hybridized carbons (Fsp3) is 0.250. The lowest BCUT2D eigenvalue weighted by atomic mass is 10.1. The molecule has 1 aliphatic heterocycles. The zero-order chi connectivity index (χ0) is 20.0. The van der Waals surface area contributed by atoms with E-state index < -0.39 is 0 Å². The van der Waals surface area contributed by atoms with Crippen LogP contribution in [0, 0.1) is 0 Å². The maximum atomic E-state index is 13.2. The molecule has 29 heavy (non-hydrogen) atoms. The Morgan fingerprint density at radius 3 is 2.41 bits per heavy atom. The summed E-state index contributed by atoms with van der Waals surface area (Å²) in [5, 5.41) is 5.35. The molecule has 0 unspecified atom stereocenters. The molecule has 0 atom stereocenters. The Bertz CT molecular complexity index is 1280. The third-order valence-corrected chi connectivity index (χ3v) is 5.32. The van der Waals surface area contributed by atoms with Gasteiger partial charge in [-0.3, -0.25) is 9.59 Å². The van der Waals surface area contributed by atoms with Crippen LogP contribution in [0.15, 0.2) is 53.8 Å². The first kappa shape index (κ1) is 17.4. The van der Waals surface area contributed by atoms with Crippen molar-refractivity contribution >= 4 is 28.1 Å². The van der Waals surface area contributed by atoms with Crippen molar-refractivity contribution < 1.29 is 4.79 Å². The average molecular weight is 389 g/mol. The highest BCUT2D eigenvalue weighted by atomic mass is 16.2. The molecule has 146 valence electrons. The molecule has 0 bridgehead atoms. The van der Waals surface area contributed by atoms with Crippen molar-refractivity contribution in [3.05, 3.63) is 65.1 Å². The summed E-state index contributed by atoms with van der Waals surface area (Å²) in [5.41, 5.74) is 0.906. The maximum absolute atomic E-state index is 13.2. The lowest BCUT2D eigenvalue weighted by molar-refractivity contribution is 0.0740. The van der Waals surface area contributed by atoms with Crippen molar-refractivity contribution in [2.75, 3.05) is 31.1 Å². The molecule has 0 N–H and O–H groups in total. The molecule has 4 aromatic rings. The zero-order valence-electron chi connectivity index (χ0n) is 15.9. The van der Waals surface area contributed by atoms with Gasteiger partial charge in [0, 0.05) is 63.4 Å². The van der Waals surface area contributed by atoms with E-state index in [2.05, 4.69) is 20.0 Å². The molecule has 0 aliphatic carbocycles. The van der Waals surface area contributed by atoms with E-state index in [9.17, 15) is 9.59 Å². The lowest BCUT2D eigenvalue weighted by Gasteiger charge is -2.35. The topological polar surface area (TPSA) is 88.6 Å². The van der Waals surface area contributed by atoms with Gasteiger partial charge in [0.25, 0.3) is 11.5 Å². The van der Waals surface area contributed by atoms with Crippen LogP contribution < -0.4 is 10.5 Å². The average Bonchev–Trinajstić information content (AvgIpc) is 3.25. The first-order valence-corrected chi connectivity index (χ1v) is 9.41. The van der Waals surface area contributed by atoms with Crippen molar-refractivity contribution in [3.63, 3.8) is 0 Å². The monoisotopic (exact) mass is 389 g/mol. The van der Waals surface area contributed by atoms with Gasteiger partial charge in [-0.25, -0.2) is 14.6 Å². The van der Waals surface area contributed by atoms with E-state index >= 15 is 0 Å². The van der Waals surface area contributed by atoms with Gasteiger partial charge < -0.3 is 14.2 Å². The molecule has 1 fully saturated rings. The molecule has 1 aliphatic rings. The van der Waals surface area contributed by atoms with Gasteiger partial charge in [0.1, 0.15) is 0 Å². The van der Waals surface area contributed by atoms with Gasteiger partial charge in [-0.05, 0) is 6.07 Å². The summed E-state index contributed by atoms with van der Waals surface area (Å²) in [5.74, 6) is 0.652. The number of aryl methyl sites for hydroxylation is 1. The van der Waals surface area contributed by atoms with E-state index in [1.54, 1.807) is 42.5 Å². The number of piperazine rings is 1. The number of imidazole rings is 1. The van der Waals surface area contributed by atoms with E-state index in [-0.39, 0.29) is 11.5 Å². The number of rotatable bonds is 2. The number of benzene rings is 1. The van der Waals surface area contributed by atoms with E-state index in [4.69, 9.17) is 0 Å². The van der Waals surface area contributed by atoms with Gasteiger partial charge in [-0.15, -0.1) is 0 Å². The van der Waals surface area contributed by atoms with Crippen LogP contribution in [-0.4, -0.2) is 61.1 Å². The molecule has 0 radical (unpaired) electrons. The molecule has 3 aromatic heterocycles. The molecule has 1 amide bonds. The van der Waals surface area contributed by atoms with Crippen molar-refractivity contribution in [2.24, 2.45) is 7.05 Å². The van der Waals surface area contributed by atoms with Crippen LogP contribution in [0.2, 0.25) is 0 Å². The standard InChI is InChI=1S/C20H19N7O2/c1-24-19(28)15-5-3-2-4-14(15)16(23-24)20(29)27-12-10-26(11-13-27)18-17-21-6-8-25(17)9-7-22-18/h2-9H,10-13H2,1H3. The second kappa shape index (κ2) is 6.69. The third kappa shape index (κ3) is 2.82. The minimum Gasteiger partial charge on any atom is -0.350 e. The molecule has 0 spiro atoms. The fourth-order valence-corrected chi connectivity index (χ4v) is 3.79. The number of hydrogen-bond acceptors (Lipinski definition) is 6. The quantitative estimate of drug-likeness (QED) is 0.507. The molecule has 9 heteroatoms. The Labute approximate surface area is 165 Å². The molecular formula is C20H19N7O2. The summed E-state index contributed by atoms with van der Waals surface area (Å²) in [4.78, 5) is 38.3. The minimum atomic E-state index is -0.208. The first-order valence-electron chi connectivity index (χ1n) is 9.41. The predicted octanol–water partition coefficient (Wildman–Crippen LogP) is 0.939. The summed E-state index contributed by atoms with van der Waals surface area (Å²) in [7, 11) is 1.57. The maximum Gasteiger partial charge on any atom is 0.275 e. The predicted molar refractivity (Wildman–Crippen MR) is 108 cm³/mol. The number of hydrogen-bond donors (Lipinski definition) is 0. The third-order valence-electron chi connectivity index (χ3n) is 5.32. The largest absolute Gasteiger partial charge is 0.350 e. The highest BCUT2D eigenvalue weighted by Gasteiger charge is 2.27. The summed E-state index contributed by atoms with van der Waals surface area (Å²) in [6.07, 6.45) is 7.25. The van der Waals surface area contributed by atoms with Crippen molar-refractivity contribution in [1.29, 1.82) is 0 Å². The molecule has 1 aromatic carbocycles. The van der Waals surface area contributed by atoms with Crippen molar-refractivity contribution in [3.8, 4) is 0 Å². The summed E-state index contributed by atoms with van der Waals surface area (Å²) < 4.78 is 3.16. The zero-order valence-corrected chi connectivity index (χ0v) is 15.9. The summed E-state index contributed by atoms with van der Waals surface area (Å²) in [6.45, 7) is 2.38. The Balaban J connectivity index is 1.41. The summed E-state index contributed by atoms with van der Waals surface area (Å²) in [6, 6.07) is 7.11. The van der Waals surface area contributed by atoms with Crippen molar-refractivity contribution in [2.45, 2.75) is 0 Å². The highest BCUT2D eigenvalue weighted by molar-refractivity contribution is 6.04. The first-order chi connectivity index (χ1) is 14.1. The van der Waals surface area contributed by atoms with Crippen LogP contribution in [0.5, 0.6) is 0 Å². The number of carbonyl (C=O) groups excluding carboxylic acids is 1. The molecule has 1 saturated heterocycles. The number of amides is 1. The minimum absolute atomic E-state index is 0.163. The van der Waals surface area contributed by atoms with E-state index in [1.165, 1.54) is 4.68 Å². The molecule has 4 heterocycles. The number of fused-ring (bicyclic) bond motifs is 2. The van der Waals surface area contributed by atoms with Crippen LogP contribution in [-0.2, 0) is 7.05 Å². The van der Waals surface area contributed by atoms with Gasteiger partial charge in [-0.1, -0.05) is 18.2 Å². The molecular weight excluding hydrogens is 370 g/mol. The van der Waals surface area contributed by atoms with Gasteiger partial charge >= 0.3 is 0 Å². The number of anilines is 1. The Kier molecular flexibility index (Phi) is 4.01.